The monoisotopic (exact) mass is 390 g/mol. The summed E-state index contributed by atoms with van der Waals surface area (Å²) < 4.78 is 0. The minimum atomic E-state index is -0.595. The molecule has 3 aromatic carbocycles. The number of aryl methyl sites for hydroxylation is 1. The number of phenols is 1. The van der Waals surface area contributed by atoms with Gasteiger partial charge in [-0.2, -0.15) is 5.10 Å². The lowest BCUT2D eigenvalue weighted by atomic mass is 10.1. The Morgan fingerprint density at radius 1 is 1.07 bits per heavy atom. The van der Waals surface area contributed by atoms with Crippen LogP contribution >= 0.6 is 0 Å². The Kier molecular flexibility index (Phi) is 5.84. The van der Waals surface area contributed by atoms with Crippen molar-refractivity contribution in [1.82, 2.24) is 0 Å². The maximum Gasteiger partial charge on any atom is 0.294 e. The summed E-state index contributed by atoms with van der Waals surface area (Å²) in [6, 6.07) is 17.9. The van der Waals surface area contributed by atoms with Gasteiger partial charge in [0.15, 0.2) is 0 Å². The lowest BCUT2D eigenvalue weighted by Crippen LogP contribution is -2.13. The Bertz CT molecular complexity index is 1100. The molecule has 0 bridgehead atoms. The average molecular weight is 390 g/mol. The Morgan fingerprint density at radius 2 is 1.79 bits per heavy atom. The van der Waals surface area contributed by atoms with Crippen LogP contribution in [0.15, 0.2) is 71.8 Å². The highest BCUT2D eigenvalue weighted by Gasteiger charge is 2.18. The first-order valence-electron chi connectivity index (χ1n) is 8.68. The number of carbonyl (C=O) groups is 1. The number of amides is 1. The molecule has 8 heteroatoms. The van der Waals surface area contributed by atoms with E-state index in [0.717, 1.165) is 5.56 Å². The highest BCUT2D eigenvalue weighted by Crippen LogP contribution is 2.26. The lowest BCUT2D eigenvalue weighted by molar-refractivity contribution is -0.384. The Hall–Kier alpha value is -4.20. The molecule has 0 aliphatic heterocycles. The predicted molar refractivity (Wildman–Crippen MR) is 112 cm³/mol. The van der Waals surface area contributed by atoms with Gasteiger partial charge in [-0.25, -0.2) is 0 Å². The van der Waals surface area contributed by atoms with Gasteiger partial charge in [0.2, 0.25) is 0 Å². The van der Waals surface area contributed by atoms with Gasteiger partial charge >= 0.3 is 0 Å². The zero-order valence-electron chi connectivity index (χ0n) is 15.5. The van der Waals surface area contributed by atoms with E-state index in [1.807, 2.05) is 19.1 Å². The van der Waals surface area contributed by atoms with E-state index >= 15 is 0 Å². The fourth-order valence-corrected chi connectivity index (χ4v) is 2.59. The minimum absolute atomic E-state index is 0.0378. The van der Waals surface area contributed by atoms with E-state index in [9.17, 15) is 20.0 Å². The first kappa shape index (κ1) is 19.6. The van der Waals surface area contributed by atoms with Crippen LogP contribution in [0.25, 0.3) is 0 Å². The number of nitro groups is 1. The van der Waals surface area contributed by atoms with Crippen molar-refractivity contribution in [3.05, 3.63) is 93.5 Å². The number of nitrogens with one attached hydrogen (secondary N) is 2. The summed E-state index contributed by atoms with van der Waals surface area (Å²) in [5.41, 5.74) is 4.52. The van der Waals surface area contributed by atoms with Crippen molar-refractivity contribution in [1.29, 1.82) is 0 Å². The molecule has 29 heavy (non-hydrogen) atoms. The molecule has 0 aliphatic carbocycles. The van der Waals surface area contributed by atoms with Gasteiger partial charge in [-0.05, 0) is 42.8 Å². The molecule has 1 amide bonds. The fraction of sp³-hybridized carbons (Fsp3) is 0.0476. The molecular weight excluding hydrogens is 372 g/mol. The maximum atomic E-state index is 12.5. The number of phenolic OH excluding ortho intramolecular Hbond substituents is 1. The second kappa shape index (κ2) is 8.66. The van der Waals surface area contributed by atoms with Crippen LogP contribution in [-0.4, -0.2) is 22.2 Å². The van der Waals surface area contributed by atoms with Crippen molar-refractivity contribution in [2.45, 2.75) is 6.92 Å². The molecule has 0 radical (unpaired) electrons. The predicted octanol–water partition coefficient (Wildman–Crippen LogP) is 4.31. The van der Waals surface area contributed by atoms with Crippen LogP contribution < -0.4 is 10.7 Å². The Morgan fingerprint density at radius 3 is 2.52 bits per heavy atom. The number of hydrazone groups is 1. The van der Waals surface area contributed by atoms with Crippen molar-refractivity contribution in [2.75, 3.05) is 10.7 Å². The molecule has 8 nitrogen and oxygen atoms in total. The number of hydrogen-bond donors (Lipinski definition) is 3. The molecule has 0 spiro atoms. The second-order valence-electron chi connectivity index (χ2n) is 6.19. The van der Waals surface area contributed by atoms with Crippen molar-refractivity contribution < 1.29 is 14.8 Å². The molecule has 0 fully saturated rings. The summed E-state index contributed by atoms with van der Waals surface area (Å²) in [5.74, 6) is -0.414. The lowest BCUT2D eigenvalue weighted by Gasteiger charge is -2.09. The molecular formula is C21H18N4O4. The molecule has 0 saturated heterocycles. The maximum absolute atomic E-state index is 12.5. The molecule has 3 aromatic rings. The van der Waals surface area contributed by atoms with Crippen LogP contribution in [0.3, 0.4) is 0 Å². The number of rotatable bonds is 6. The molecule has 0 aliphatic rings. The number of aromatic hydroxyl groups is 1. The number of nitrogens with zero attached hydrogens (tertiary/aromatic N) is 2. The van der Waals surface area contributed by atoms with Crippen LogP contribution in [0.4, 0.5) is 17.1 Å². The average Bonchev–Trinajstić information content (AvgIpc) is 2.71. The molecule has 0 saturated carbocycles. The highest BCUT2D eigenvalue weighted by atomic mass is 16.6. The summed E-state index contributed by atoms with van der Waals surface area (Å²) in [6.45, 7) is 1.85. The normalized spacial score (nSPS) is 10.7. The minimum Gasteiger partial charge on any atom is -0.507 e. The summed E-state index contributed by atoms with van der Waals surface area (Å²) in [4.78, 5) is 23.3. The van der Waals surface area contributed by atoms with E-state index in [-0.39, 0.29) is 22.7 Å². The molecule has 0 unspecified atom stereocenters. The van der Waals surface area contributed by atoms with Gasteiger partial charge in [-0.1, -0.05) is 30.3 Å². The van der Waals surface area contributed by atoms with Crippen molar-refractivity contribution in [3.63, 3.8) is 0 Å². The number of carbonyl (C=O) groups excluding carboxylic acids is 1. The van der Waals surface area contributed by atoms with Gasteiger partial charge in [-0.3, -0.25) is 20.3 Å². The van der Waals surface area contributed by atoms with Gasteiger partial charge < -0.3 is 10.4 Å². The van der Waals surface area contributed by atoms with E-state index in [4.69, 9.17) is 0 Å². The number of hydrogen-bond acceptors (Lipinski definition) is 6. The zero-order valence-corrected chi connectivity index (χ0v) is 15.5. The van der Waals surface area contributed by atoms with Crippen molar-refractivity contribution in [2.24, 2.45) is 5.10 Å². The number of benzene rings is 3. The summed E-state index contributed by atoms with van der Waals surface area (Å²) >= 11 is 0. The first-order valence-corrected chi connectivity index (χ1v) is 8.68. The van der Waals surface area contributed by atoms with Crippen LogP contribution in [0.5, 0.6) is 5.75 Å². The topological polar surface area (TPSA) is 117 Å². The van der Waals surface area contributed by atoms with Crippen LogP contribution in [-0.2, 0) is 0 Å². The second-order valence-corrected chi connectivity index (χ2v) is 6.19. The summed E-state index contributed by atoms with van der Waals surface area (Å²) in [7, 11) is 0. The third-order valence-electron chi connectivity index (χ3n) is 4.18. The molecule has 3 N–H and O–H groups in total. The van der Waals surface area contributed by atoms with E-state index in [2.05, 4.69) is 15.8 Å². The zero-order chi connectivity index (χ0) is 20.8. The van der Waals surface area contributed by atoms with E-state index in [0.29, 0.717) is 11.3 Å². The number of nitro benzene ring substituents is 1. The van der Waals surface area contributed by atoms with Gasteiger partial charge in [0.05, 0.1) is 11.1 Å². The third kappa shape index (κ3) is 4.75. The first-order chi connectivity index (χ1) is 14.0. The molecule has 0 atom stereocenters. The van der Waals surface area contributed by atoms with Gasteiger partial charge in [0.25, 0.3) is 11.6 Å². The summed E-state index contributed by atoms with van der Waals surface area (Å²) in [6.07, 6.45) is 1.35. The molecule has 3 rings (SSSR count). The van der Waals surface area contributed by atoms with E-state index in [1.54, 1.807) is 30.3 Å². The Labute approximate surface area is 166 Å². The third-order valence-corrected chi connectivity index (χ3v) is 4.18. The largest absolute Gasteiger partial charge is 0.507 e. The standard InChI is InChI=1S/C21H18N4O4/c1-14-6-2-4-8-17(14)23-21(27)15-10-11-18(19(12-15)25(28)29)24-22-13-16-7-3-5-9-20(16)26/h2-13,24,26H,1H3,(H,23,27)/b22-13-. The highest BCUT2D eigenvalue weighted by molar-refractivity contribution is 6.05. The van der Waals surface area contributed by atoms with Crippen molar-refractivity contribution >= 4 is 29.2 Å². The molecule has 146 valence electrons. The SMILES string of the molecule is Cc1ccccc1NC(=O)c1ccc(N/N=C\c2ccccc2O)c([N+](=O)[O-])c1. The fourth-order valence-electron chi connectivity index (χ4n) is 2.59. The molecule has 0 aromatic heterocycles. The Balaban J connectivity index is 1.80. The van der Waals surface area contributed by atoms with Gasteiger partial charge in [0.1, 0.15) is 11.4 Å². The smallest absolute Gasteiger partial charge is 0.294 e. The van der Waals surface area contributed by atoms with Crippen LogP contribution in [0.1, 0.15) is 21.5 Å². The van der Waals surface area contributed by atoms with Gasteiger partial charge in [0, 0.05) is 22.9 Å². The quantitative estimate of drug-likeness (QED) is 0.329. The van der Waals surface area contributed by atoms with Crippen LogP contribution in [0.2, 0.25) is 0 Å². The van der Waals surface area contributed by atoms with Gasteiger partial charge in [-0.15, -0.1) is 0 Å². The van der Waals surface area contributed by atoms with Crippen molar-refractivity contribution in [3.8, 4) is 5.75 Å². The van der Waals surface area contributed by atoms with E-state index < -0.39 is 10.8 Å². The number of anilines is 2. The summed E-state index contributed by atoms with van der Waals surface area (Å²) in [5, 5.41) is 27.8. The molecule has 0 heterocycles. The van der Waals surface area contributed by atoms with Crippen LogP contribution in [0, 0.1) is 17.0 Å². The van der Waals surface area contributed by atoms with E-state index in [1.165, 1.54) is 30.5 Å². The number of para-hydroxylation sites is 2.